The Morgan fingerprint density at radius 2 is 1.71 bits per heavy atom. The first kappa shape index (κ1) is 13.9. The van der Waals surface area contributed by atoms with Crippen LogP contribution in [0.1, 0.15) is 31.2 Å². The molecule has 2 unspecified atom stereocenters. The van der Waals surface area contributed by atoms with E-state index in [9.17, 15) is 5.11 Å². The third-order valence-electron chi connectivity index (χ3n) is 4.92. The van der Waals surface area contributed by atoms with Crippen LogP contribution in [0, 0.1) is 0 Å². The summed E-state index contributed by atoms with van der Waals surface area (Å²) in [6.45, 7) is 2.15. The SMILES string of the molecule is OC1CC2CCC(C1)N2Cc1cc2c(cc1Br)OCCO2. The summed E-state index contributed by atoms with van der Waals surface area (Å²) in [6.07, 6.45) is 4.15. The highest BCUT2D eigenvalue weighted by atomic mass is 79.9. The predicted octanol–water partition coefficient (Wildman–Crippen LogP) is 2.71. The summed E-state index contributed by atoms with van der Waals surface area (Å²) in [6, 6.07) is 5.17. The molecular formula is C16H20BrNO3. The number of piperidine rings is 1. The molecule has 2 saturated heterocycles. The Kier molecular flexibility index (Phi) is 3.59. The molecule has 1 N–H and O–H groups in total. The number of fused-ring (bicyclic) bond motifs is 3. The zero-order valence-corrected chi connectivity index (χ0v) is 13.5. The Morgan fingerprint density at radius 1 is 1.10 bits per heavy atom. The van der Waals surface area contributed by atoms with Gasteiger partial charge in [-0.15, -0.1) is 0 Å². The zero-order valence-electron chi connectivity index (χ0n) is 11.9. The van der Waals surface area contributed by atoms with Crippen molar-refractivity contribution in [2.75, 3.05) is 13.2 Å². The number of aliphatic hydroxyl groups is 1. The maximum absolute atomic E-state index is 9.91. The van der Waals surface area contributed by atoms with Crippen LogP contribution in [0.4, 0.5) is 0 Å². The number of hydrogen-bond donors (Lipinski definition) is 1. The van der Waals surface area contributed by atoms with E-state index in [1.54, 1.807) is 0 Å². The minimum atomic E-state index is -0.109. The minimum Gasteiger partial charge on any atom is -0.486 e. The number of benzene rings is 1. The van der Waals surface area contributed by atoms with E-state index < -0.39 is 0 Å². The van der Waals surface area contributed by atoms with Gasteiger partial charge in [0.05, 0.1) is 6.10 Å². The van der Waals surface area contributed by atoms with Gasteiger partial charge < -0.3 is 14.6 Å². The highest BCUT2D eigenvalue weighted by Gasteiger charge is 2.40. The van der Waals surface area contributed by atoms with E-state index in [4.69, 9.17) is 9.47 Å². The quantitative estimate of drug-likeness (QED) is 0.887. The van der Waals surface area contributed by atoms with E-state index in [0.29, 0.717) is 25.3 Å². The van der Waals surface area contributed by atoms with Gasteiger partial charge in [0.25, 0.3) is 0 Å². The number of halogens is 1. The number of rotatable bonds is 2. The smallest absolute Gasteiger partial charge is 0.162 e. The van der Waals surface area contributed by atoms with E-state index in [2.05, 4.69) is 26.9 Å². The van der Waals surface area contributed by atoms with Gasteiger partial charge in [-0.3, -0.25) is 4.90 Å². The molecule has 1 aromatic rings. The monoisotopic (exact) mass is 353 g/mol. The Balaban J connectivity index is 1.57. The first-order chi connectivity index (χ1) is 10.2. The van der Waals surface area contributed by atoms with Gasteiger partial charge in [-0.05, 0) is 43.4 Å². The first-order valence-corrected chi connectivity index (χ1v) is 8.52. The lowest BCUT2D eigenvalue weighted by molar-refractivity contribution is 0.0308. The molecule has 4 rings (SSSR count). The van der Waals surface area contributed by atoms with Gasteiger partial charge in [0.1, 0.15) is 13.2 Å². The van der Waals surface area contributed by atoms with Gasteiger partial charge in [0, 0.05) is 23.1 Å². The summed E-state index contributed by atoms with van der Waals surface area (Å²) < 4.78 is 12.4. The van der Waals surface area contributed by atoms with Crippen molar-refractivity contribution in [1.82, 2.24) is 4.90 Å². The molecule has 21 heavy (non-hydrogen) atoms. The van der Waals surface area contributed by atoms with Crippen LogP contribution in [0.15, 0.2) is 16.6 Å². The van der Waals surface area contributed by atoms with Gasteiger partial charge in [-0.1, -0.05) is 15.9 Å². The maximum Gasteiger partial charge on any atom is 0.162 e. The lowest BCUT2D eigenvalue weighted by Crippen LogP contribution is -2.44. The Morgan fingerprint density at radius 3 is 2.38 bits per heavy atom. The second-order valence-electron chi connectivity index (χ2n) is 6.27. The highest BCUT2D eigenvalue weighted by molar-refractivity contribution is 9.10. The second kappa shape index (κ2) is 5.45. The summed E-state index contributed by atoms with van der Waals surface area (Å²) in [5.74, 6) is 1.68. The molecule has 3 aliphatic heterocycles. The van der Waals surface area contributed by atoms with Crippen molar-refractivity contribution in [1.29, 1.82) is 0 Å². The molecular weight excluding hydrogens is 334 g/mol. The molecule has 2 bridgehead atoms. The van der Waals surface area contributed by atoms with Crippen LogP contribution in [0.3, 0.4) is 0 Å². The molecule has 2 fully saturated rings. The lowest BCUT2D eigenvalue weighted by Gasteiger charge is -2.37. The fraction of sp³-hybridized carbons (Fsp3) is 0.625. The summed E-state index contributed by atoms with van der Waals surface area (Å²) in [4.78, 5) is 2.56. The number of nitrogens with zero attached hydrogens (tertiary/aromatic N) is 1. The van der Waals surface area contributed by atoms with Crippen molar-refractivity contribution >= 4 is 15.9 Å². The average Bonchev–Trinajstić information content (AvgIpc) is 2.70. The van der Waals surface area contributed by atoms with Crippen molar-refractivity contribution in [2.45, 2.75) is 50.4 Å². The number of aliphatic hydroxyl groups excluding tert-OH is 1. The molecule has 2 atom stereocenters. The second-order valence-corrected chi connectivity index (χ2v) is 7.12. The minimum absolute atomic E-state index is 0.109. The largest absolute Gasteiger partial charge is 0.486 e. The standard InChI is InChI=1S/C16H20BrNO3/c17-14-8-16-15(20-3-4-21-16)5-10(14)9-18-11-1-2-12(18)7-13(19)6-11/h5,8,11-13,19H,1-4,6-7,9H2. The van der Waals surface area contributed by atoms with E-state index in [1.165, 1.54) is 18.4 Å². The molecule has 3 aliphatic rings. The van der Waals surface area contributed by atoms with E-state index >= 15 is 0 Å². The van der Waals surface area contributed by atoms with Crippen LogP contribution in [0.2, 0.25) is 0 Å². The molecule has 0 spiro atoms. The Bertz CT molecular complexity index is 537. The zero-order chi connectivity index (χ0) is 14.4. The number of hydrogen-bond acceptors (Lipinski definition) is 4. The lowest BCUT2D eigenvalue weighted by atomic mass is 9.99. The fourth-order valence-electron chi connectivity index (χ4n) is 3.93. The molecule has 4 nitrogen and oxygen atoms in total. The summed E-state index contributed by atoms with van der Waals surface area (Å²) in [5.41, 5.74) is 1.24. The summed E-state index contributed by atoms with van der Waals surface area (Å²) in [7, 11) is 0. The van der Waals surface area contributed by atoms with Crippen LogP contribution in [0.25, 0.3) is 0 Å². The molecule has 114 valence electrons. The molecule has 0 aliphatic carbocycles. The third-order valence-corrected chi connectivity index (χ3v) is 5.66. The Labute approximate surface area is 133 Å². The molecule has 0 aromatic heterocycles. The molecule has 0 saturated carbocycles. The van der Waals surface area contributed by atoms with Crippen LogP contribution in [-0.2, 0) is 6.54 Å². The molecule has 5 heteroatoms. The van der Waals surface area contributed by atoms with Crippen LogP contribution in [-0.4, -0.2) is 41.4 Å². The topological polar surface area (TPSA) is 41.9 Å². The van der Waals surface area contributed by atoms with Crippen LogP contribution < -0.4 is 9.47 Å². The van der Waals surface area contributed by atoms with Crippen molar-refractivity contribution in [3.8, 4) is 11.5 Å². The van der Waals surface area contributed by atoms with E-state index in [0.717, 1.165) is 35.4 Å². The maximum atomic E-state index is 9.91. The van der Waals surface area contributed by atoms with Crippen molar-refractivity contribution in [3.63, 3.8) is 0 Å². The van der Waals surface area contributed by atoms with E-state index in [-0.39, 0.29) is 6.10 Å². The predicted molar refractivity (Wildman–Crippen MR) is 82.7 cm³/mol. The van der Waals surface area contributed by atoms with Crippen molar-refractivity contribution in [2.24, 2.45) is 0 Å². The first-order valence-electron chi connectivity index (χ1n) is 7.72. The van der Waals surface area contributed by atoms with Gasteiger partial charge in [0.15, 0.2) is 11.5 Å². The highest BCUT2D eigenvalue weighted by Crippen LogP contribution is 2.40. The molecule has 0 amide bonds. The molecule has 0 radical (unpaired) electrons. The van der Waals surface area contributed by atoms with Gasteiger partial charge in [-0.2, -0.15) is 0 Å². The fourth-order valence-corrected chi connectivity index (χ4v) is 4.38. The normalized spacial score (nSPS) is 31.4. The van der Waals surface area contributed by atoms with Gasteiger partial charge >= 0.3 is 0 Å². The van der Waals surface area contributed by atoms with E-state index in [1.807, 2.05) is 6.07 Å². The molecule has 1 aromatic carbocycles. The average molecular weight is 354 g/mol. The van der Waals surface area contributed by atoms with Crippen molar-refractivity contribution in [3.05, 3.63) is 22.2 Å². The Hall–Kier alpha value is -0.780. The van der Waals surface area contributed by atoms with Gasteiger partial charge in [-0.25, -0.2) is 0 Å². The summed E-state index contributed by atoms with van der Waals surface area (Å²) in [5, 5.41) is 9.91. The number of ether oxygens (including phenoxy) is 2. The van der Waals surface area contributed by atoms with Crippen molar-refractivity contribution < 1.29 is 14.6 Å². The van der Waals surface area contributed by atoms with Crippen LogP contribution >= 0.6 is 15.9 Å². The summed E-state index contributed by atoms with van der Waals surface area (Å²) >= 11 is 3.66. The third kappa shape index (κ3) is 2.56. The molecule has 3 heterocycles. The van der Waals surface area contributed by atoms with Gasteiger partial charge in [0.2, 0.25) is 0 Å². The van der Waals surface area contributed by atoms with Crippen LogP contribution in [0.5, 0.6) is 11.5 Å².